The van der Waals surface area contributed by atoms with Crippen molar-refractivity contribution in [2.45, 2.75) is 39.2 Å². The summed E-state index contributed by atoms with van der Waals surface area (Å²) in [5.74, 6) is 0.515. The monoisotopic (exact) mass is 352 g/mol. The van der Waals surface area contributed by atoms with E-state index in [1.165, 1.54) is 0 Å². The smallest absolute Gasteiger partial charge is 0.220 e. The van der Waals surface area contributed by atoms with Gasteiger partial charge in [0, 0.05) is 29.1 Å². The summed E-state index contributed by atoms with van der Waals surface area (Å²) < 4.78 is 0. The van der Waals surface area contributed by atoms with Crippen LogP contribution in [0.4, 0.5) is 0 Å². The number of nitrogens with two attached hydrogens (primary N) is 1. The second kappa shape index (κ2) is 10.3. The van der Waals surface area contributed by atoms with Crippen molar-refractivity contribution in [3.05, 3.63) is 33.8 Å². The van der Waals surface area contributed by atoms with Gasteiger partial charge in [-0.1, -0.05) is 43.1 Å². The maximum Gasteiger partial charge on any atom is 0.220 e. The molecule has 0 aliphatic rings. The van der Waals surface area contributed by atoms with Crippen LogP contribution >= 0.6 is 35.6 Å². The summed E-state index contributed by atoms with van der Waals surface area (Å²) in [6.07, 6.45) is 1.89. The third kappa shape index (κ3) is 7.91. The Labute approximate surface area is 143 Å². The summed E-state index contributed by atoms with van der Waals surface area (Å²) in [7, 11) is 0. The number of nitrogens with one attached hydrogen (secondary N) is 1. The summed E-state index contributed by atoms with van der Waals surface area (Å²) in [5.41, 5.74) is 6.60. The minimum absolute atomic E-state index is 0. The van der Waals surface area contributed by atoms with Gasteiger partial charge in [-0.2, -0.15) is 0 Å². The fourth-order valence-corrected chi connectivity index (χ4v) is 2.56. The van der Waals surface area contributed by atoms with Gasteiger partial charge < -0.3 is 11.1 Å². The van der Waals surface area contributed by atoms with Crippen LogP contribution in [0, 0.1) is 5.92 Å². The van der Waals surface area contributed by atoms with Crippen molar-refractivity contribution in [1.29, 1.82) is 0 Å². The summed E-state index contributed by atoms with van der Waals surface area (Å²) in [5, 5.41) is 4.17. The maximum atomic E-state index is 11.9. The van der Waals surface area contributed by atoms with Crippen LogP contribution in [-0.2, 0) is 11.2 Å². The molecular formula is C15H23Cl3N2O. The zero-order valence-electron chi connectivity index (χ0n) is 12.4. The van der Waals surface area contributed by atoms with Crippen molar-refractivity contribution in [2.24, 2.45) is 11.7 Å². The average molecular weight is 354 g/mol. The second-order valence-electron chi connectivity index (χ2n) is 5.37. The first-order chi connectivity index (χ1) is 9.42. The molecule has 0 fully saturated rings. The van der Waals surface area contributed by atoms with E-state index in [4.69, 9.17) is 28.9 Å². The topological polar surface area (TPSA) is 55.1 Å². The number of benzene rings is 1. The quantitative estimate of drug-likeness (QED) is 0.782. The lowest BCUT2D eigenvalue weighted by Crippen LogP contribution is -2.41. The van der Waals surface area contributed by atoms with E-state index in [0.29, 0.717) is 35.3 Å². The van der Waals surface area contributed by atoms with Gasteiger partial charge in [-0.25, -0.2) is 0 Å². The number of hydrogen-bond acceptors (Lipinski definition) is 2. The third-order valence-electron chi connectivity index (χ3n) is 3.04. The minimum atomic E-state index is 0. The number of carbonyl (C=O) groups excluding carboxylic acids is 1. The lowest BCUT2D eigenvalue weighted by molar-refractivity contribution is -0.121. The molecule has 0 spiro atoms. The summed E-state index contributed by atoms with van der Waals surface area (Å²) in [4.78, 5) is 11.9. The first-order valence-corrected chi connectivity index (χ1v) is 7.61. The number of aryl methyl sites for hydroxylation is 1. The Hall–Kier alpha value is -0.480. The SMILES string of the molecule is CC(C)CC(CN)NC(=O)CCc1ccc(Cl)cc1Cl.Cl. The van der Waals surface area contributed by atoms with E-state index in [0.717, 1.165) is 12.0 Å². The highest BCUT2D eigenvalue weighted by Crippen LogP contribution is 2.22. The average Bonchev–Trinajstić information content (AvgIpc) is 2.36. The van der Waals surface area contributed by atoms with Gasteiger partial charge in [-0.3, -0.25) is 4.79 Å². The molecule has 0 aromatic heterocycles. The number of carbonyl (C=O) groups is 1. The predicted octanol–water partition coefficient (Wildman–Crippen LogP) is 3.84. The van der Waals surface area contributed by atoms with Gasteiger partial charge in [0.15, 0.2) is 0 Å². The molecule has 1 unspecified atom stereocenters. The van der Waals surface area contributed by atoms with E-state index in [1.54, 1.807) is 12.1 Å². The maximum absolute atomic E-state index is 11.9. The normalized spacial score (nSPS) is 11.9. The molecule has 120 valence electrons. The van der Waals surface area contributed by atoms with Crippen molar-refractivity contribution < 1.29 is 4.79 Å². The first-order valence-electron chi connectivity index (χ1n) is 6.85. The van der Waals surface area contributed by atoms with E-state index in [2.05, 4.69) is 19.2 Å². The van der Waals surface area contributed by atoms with E-state index in [-0.39, 0.29) is 24.4 Å². The minimum Gasteiger partial charge on any atom is -0.352 e. The van der Waals surface area contributed by atoms with Crippen LogP contribution in [0.15, 0.2) is 18.2 Å². The third-order valence-corrected chi connectivity index (χ3v) is 3.63. The number of halogens is 3. The van der Waals surface area contributed by atoms with E-state index < -0.39 is 0 Å². The van der Waals surface area contributed by atoms with Gasteiger partial charge in [0.05, 0.1) is 0 Å². The van der Waals surface area contributed by atoms with Crippen LogP contribution < -0.4 is 11.1 Å². The lowest BCUT2D eigenvalue weighted by atomic mass is 10.0. The van der Waals surface area contributed by atoms with Crippen molar-refractivity contribution in [2.75, 3.05) is 6.54 Å². The molecule has 1 rings (SSSR count). The Bertz CT molecular complexity index is 453. The Morgan fingerprint density at radius 2 is 2.00 bits per heavy atom. The molecule has 0 heterocycles. The van der Waals surface area contributed by atoms with Gasteiger partial charge in [-0.15, -0.1) is 12.4 Å². The molecule has 1 aromatic rings. The summed E-state index contributed by atoms with van der Waals surface area (Å²) in [6, 6.07) is 5.37. The van der Waals surface area contributed by atoms with Gasteiger partial charge >= 0.3 is 0 Å². The second-order valence-corrected chi connectivity index (χ2v) is 6.21. The molecule has 0 radical (unpaired) electrons. The van der Waals surface area contributed by atoms with Crippen molar-refractivity contribution >= 4 is 41.5 Å². The van der Waals surface area contributed by atoms with Crippen LogP contribution in [0.2, 0.25) is 10.0 Å². The molecule has 0 saturated heterocycles. The predicted molar refractivity (Wildman–Crippen MR) is 92.5 cm³/mol. The molecule has 6 heteroatoms. The number of hydrogen-bond donors (Lipinski definition) is 2. The fourth-order valence-electron chi connectivity index (χ4n) is 2.06. The Morgan fingerprint density at radius 1 is 1.33 bits per heavy atom. The lowest BCUT2D eigenvalue weighted by Gasteiger charge is -2.18. The number of rotatable bonds is 7. The molecule has 3 N–H and O–H groups in total. The van der Waals surface area contributed by atoms with Gasteiger partial charge in [0.25, 0.3) is 0 Å². The summed E-state index contributed by atoms with van der Waals surface area (Å²) in [6.45, 7) is 4.69. The van der Waals surface area contributed by atoms with Gasteiger partial charge in [0.1, 0.15) is 0 Å². The van der Waals surface area contributed by atoms with Crippen molar-refractivity contribution in [1.82, 2.24) is 5.32 Å². The van der Waals surface area contributed by atoms with E-state index in [9.17, 15) is 4.79 Å². The first kappa shape index (κ1) is 20.5. The highest BCUT2D eigenvalue weighted by atomic mass is 35.5. The van der Waals surface area contributed by atoms with Crippen LogP contribution in [0.5, 0.6) is 0 Å². The molecule has 0 aliphatic heterocycles. The van der Waals surface area contributed by atoms with Crippen molar-refractivity contribution in [3.8, 4) is 0 Å². The van der Waals surface area contributed by atoms with E-state index >= 15 is 0 Å². The Balaban J connectivity index is 0.00000400. The molecule has 0 aliphatic carbocycles. The zero-order valence-corrected chi connectivity index (χ0v) is 14.7. The van der Waals surface area contributed by atoms with Crippen LogP contribution in [0.25, 0.3) is 0 Å². The van der Waals surface area contributed by atoms with Crippen LogP contribution in [0.3, 0.4) is 0 Å². The fraction of sp³-hybridized carbons (Fsp3) is 0.533. The van der Waals surface area contributed by atoms with E-state index in [1.807, 2.05) is 6.07 Å². The highest BCUT2D eigenvalue weighted by Gasteiger charge is 2.13. The molecule has 3 nitrogen and oxygen atoms in total. The highest BCUT2D eigenvalue weighted by molar-refractivity contribution is 6.35. The Morgan fingerprint density at radius 3 is 2.52 bits per heavy atom. The number of amides is 1. The zero-order chi connectivity index (χ0) is 15.1. The molecular weight excluding hydrogens is 331 g/mol. The van der Waals surface area contributed by atoms with Gasteiger partial charge in [-0.05, 0) is 36.5 Å². The molecule has 0 bridgehead atoms. The van der Waals surface area contributed by atoms with Crippen LogP contribution in [0.1, 0.15) is 32.3 Å². The Kier molecular flexibility index (Phi) is 10.0. The van der Waals surface area contributed by atoms with Crippen LogP contribution in [-0.4, -0.2) is 18.5 Å². The standard InChI is InChI=1S/C15H22Cl2N2O.ClH/c1-10(2)7-13(9-18)19-15(20)6-4-11-3-5-12(16)8-14(11)17;/h3,5,8,10,13H,4,6-7,9,18H2,1-2H3,(H,19,20);1H. The van der Waals surface area contributed by atoms with Gasteiger partial charge in [0.2, 0.25) is 5.91 Å². The molecule has 1 amide bonds. The molecule has 0 saturated carbocycles. The van der Waals surface area contributed by atoms with Crippen molar-refractivity contribution in [3.63, 3.8) is 0 Å². The summed E-state index contributed by atoms with van der Waals surface area (Å²) >= 11 is 11.9. The largest absolute Gasteiger partial charge is 0.352 e. The molecule has 1 aromatic carbocycles. The molecule has 21 heavy (non-hydrogen) atoms. The molecule has 1 atom stereocenters.